The lowest BCUT2D eigenvalue weighted by molar-refractivity contribution is -0.139. The summed E-state index contributed by atoms with van der Waals surface area (Å²) in [6.07, 6.45) is 1.37. The summed E-state index contributed by atoms with van der Waals surface area (Å²) in [5.41, 5.74) is 0.720. The van der Waals surface area contributed by atoms with Crippen molar-refractivity contribution in [2.24, 2.45) is 0 Å². The maximum absolute atomic E-state index is 12.4. The highest BCUT2D eigenvalue weighted by molar-refractivity contribution is 14.1. The Kier molecular flexibility index (Phi) is 8.13. The fraction of sp³-hybridized carbons (Fsp3) is 0.105. The molecule has 0 radical (unpaired) electrons. The lowest BCUT2D eigenvalue weighted by Gasteiger charge is -2.12. The number of rotatable bonds is 7. The number of benzene rings is 2. The Morgan fingerprint density at radius 3 is 2.59 bits per heavy atom. The lowest BCUT2D eigenvalue weighted by atomic mass is 10.1. The van der Waals surface area contributed by atoms with Crippen molar-refractivity contribution in [3.8, 4) is 17.6 Å². The molecule has 0 saturated carbocycles. The van der Waals surface area contributed by atoms with Crippen LogP contribution >= 0.6 is 45.8 Å². The van der Waals surface area contributed by atoms with Crippen LogP contribution in [0.15, 0.2) is 35.9 Å². The van der Waals surface area contributed by atoms with Crippen molar-refractivity contribution >= 4 is 69.4 Å². The van der Waals surface area contributed by atoms with Gasteiger partial charge in [0, 0.05) is 5.69 Å². The minimum atomic E-state index is -1.13. The van der Waals surface area contributed by atoms with Crippen molar-refractivity contribution in [2.75, 3.05) is 19.0 Å². The van der Waals surface area contributed by atoms with Crippen LogP contribution in [0.3, 0.4) is 0 Å². The molecule has 0 aliphatic carbocycles. The van der Waals surface area contributed by atoms with Crippen molar-refractivity contribution in [1.29, 1.82) is 5.26 Å². The number of anilines is 1. The van der Waals surface area contributed by atoms with Gasteiger partial charge in [-0.2, -0.15) is 5.26 Å². The van der Waals surface area contributed by atoms with Crippen LogP contribution < -0.4 is 14.8 Å². The van der Waals surface area contributed by atoms with E-state index < -0.39 is 18.5 Å². The van der Waals surface area contributed by atoms with E-state index in [1.54, 1.807) is 12.1 Å². The van der Waals surface area contributed by atoms with Gasteiger partial charge >= 0.3 is 5.97 Å². The van der Waals surface area contributed by atoms with Gasteiger partial charge in [-0.25, -0.2) is 4.79 Å². The molecule has 7 nitrogen and oxygen atoms in total. The van der Waals surface area contributed by atoms with Gasteiger partial charge in [0.2, 0.25) is 0 Å². The van der Waals surface area contributed by atoms with E-state index in [1.165, 1.54) is 31.4 Å². The molecule has 1 amide bonds. The first-order valence-electron chi connectivity index (χ1n) is 7.85. The van der Waals surface area contributed by atoms with Crippen LogP contribution in [0.2, 0.25) is 10.0 Å². The highest BCUT2D eigenvalue weighted by Crippen LogP contribution is 2.34. The molecule has 150 valence electrons. The maximum atomic E-state index is 12.4. The van der Waals surface area contributed by atoms with E-state index in [-0.39, 0.29) is 22.1 Å². The fourth-order valence-electron chi connectivity index (χ4n) is 2.18. The quantitative estimate of drug-likeness (QED) is 0.298. The SMILES string of the molecule is COc1cc(/C=C(\C#N)C(=O)Nc2ccc(Cl)c(Cl)c2)cc(I)c1OCC(=O)O. The Labute approximate surface area is 190 Å². The van der Waals surface area contributed by atoms with E-state index in [0.29, 0.717) is 19.8 Å². The molecule has 0 aliphatic heterocycles. The second-order valence-electron chi connectivity index (χ2n) is 5.47. The van der Waals surface area contributed by atoms with Gasteiger partial charge in [-0.3, -0.25) is 4.79 Å². The molecule has 0 atom stereocenters. The average molecular weight is 547 g/mol. The van der Waals surface area contributed by atoms with Crippen LogP contribution in [-0.2, 0) is 9.59 Å². The molecule has 10 heteroatoms. The van der Waals surface area contributed by atoms with E-state index >= 15 is 0 Å². The topological polar surface area (TPSA) is 109 Å². The molecule has 0 heterocycles. The molecule has 2 N–H and O–H groups in total. The zero-order chi connectivity index (χ0) is 21.6. The number of nitrogens with zero attached hydrogens (tertiary/aromatic N) is 1. The number of carbonyl (C=O) groups excluding carboxylic acids is 1. The number of ether oxygens (including phenoxy) is 2. The van der Waals surface area contributed by atoms with E-state index in [9.17, 15) is 14.9 Å². The number of methoxy groups -OCH3 is 1. The Morgan fingerprint density at radius 1 is 1.28 bits per heavy atom. The Morgan fingerprint density at radius 2 is 2.00 bits per heavy atom. The highest BCUT2D eigenvalue weighted by Gasteiger charge is 2.15. The number of halogens is 3. The second-order valence-corrected chi connectivity index (χ2v) is 7.45. The van der Waals surface area contributed by atoms with E-state index in [2.05, 4.69) is 5.32 Å². The van der Waals surface area contributed by atoms with Crippen LogP contribution in [-0.4, -0.2) is 30.7 Å². The van der Waals surface area contributed by atoms with E-state index in [1.807, 2.05) is 28.7 Å². The molecule has 0 bridgehead atoms. The first-order valence-corrected chi connectivity index (χ1v) is 9.69. The Hall–Kier alpha value is -2.48. The summed E-state index contributed by atoms with van der Waals surface area (Å²) in [6, 6.07) is 9.56. The predicted octanol–water partition coefficient (Wildman–Crippen LogP) is 4.62. The Bertz CT molecular complexity index is 1030. The van der Waals surface area contributed by atoms with Crippen LogP contribution in [0.5, 0.6) is 11.5 Å². The molecule has 0 saturated heterocycles. The van der Waals surface area contributed by atoms with Crippen molar-refractivity contribution in [2.45, 2.75) is 0 Å². The number of nitrogens with one attached hydrogen (secondary N) is 1. The molecule has 0 spiro atoms. The molecule has 29 heavy (non-hydrogen) atoms. The van der Waals surface area contributed by atoms with Crippen LogP contribution in [0.4, 0.5) is 5.69 Å². The number of aliphatic carboxylic acids is 1. The number of hydrogen-bond donors (Lipinski definition) is 2. The molecule has 2 aromatic rings. The summed E-state index contributed by atoms with van der Waals surface area (Å²) >= 11 is 13.7. The number of carbonyl (C=O) groups is 2. The average Bonchev–Trinajstić information content (AvgIpc) is 2.67. The summed E-state index contributed by atoms with van der Waals surface area (Å²) in [5, 5.41) is 21.3. The number of carboxylic acids is 1. The van der Waals surface area contributed by atoms with E-state index in [4.69, 9.17) is 37.8 Å². The molecular formula is C19H13Cl2IN2O5. The van der Waals surface area contributed by atoms with Crippen LogP contribution in [0, 0.1) is 14.9 Å². The number of carboxylic acid groups (broad SMARTS) is 1. The largest absolute Gasteiger partial charge is 0.493 e. The van der Waals surface area contributed by atoms with Gasteiger partial charge in [0.05, 0.1) is 20.7 Å². The van der Waals surface area contributed by atoms with Gasteiger partial charge in [-0.05, 0) is 64.6 Å². The maximum Gasteiger partial charge on any atom is 0.341 e. The first-order chi connectivity index (χ1) is 13.7. The zero-order valence-electron chi connectivity index (χ0n) is 14.8. The van der Waals surface area contributed by atoms with Gasteiger partial charge in [0.25, 0.3) is 5.91 Å². The zero-order valence-corrected chi connectivity index (χ0v) is 18.5. The van der Waals surface area contributed by atoms with E-state index in [0.717, 1.165) is 0 Å². The lowest BCUT2D eigenvalue weighted by Crippen LogP contribution is -2.13. The minimum Gasteiger partial charge on any atom is -0.493 e. The fourth-order valence-corrected chi connectivity index (χ4v) is 3.26. The van der Waals surface area contributed by atoms with Crippen LogP contribution in [0.1, 0.15) is 5.56 Å². The van der Waals surface area contributed by atoms with Gasteiger partial charge in [0.1, 0.15) is 11.6 Å². The van der Waals surface area contributed by atoms with Gasteiger partial charge in [0.15, 0.2) is 18.1 Å². The summed E-state index contributed by atoms with van der Waals surface area (Å²) in [7, 11) is 1.40. The Balaban J connectivity index is 2.30. The monoisotopic (exact) mass is 546 g/mol. The molecule has 0 unspecified atom stereocenters. The molecule has 2 rings (SSSR count). The number of hydrogen-bond acceptors (Lipinski definition) is 5. The number of nitriles is 1. The van der Waals surface area contributed by atoms with Crippen molar-refractivity contribution in [3.05, 3.63) is 55.1 Å². The number of amides is 1. The summed E-state index contributed by atoms with van der Waals surface area (Å²) in [5.74, 6) is -1.23. The van der Waals surface area contributed by atoms with Gasteiger partial charge in [-0.15, -0.1) is 0 Å². The third-order valence-electron chi connectivity index (χ3n) is 3.45. The predicted molar refractivity (Wildman–Crippen MR) is 118 cm³/mol. The molecule has 2 aromatic carbocycles. The molecule has 0 aromatic heterocycles. The molecule has 0 fully saturated rings. The minimum absolute atomic E-state index is 0.159. The van der Waals surface area contributed by atoms with Gasteiger partial charge in [-0.1, -0.05) is 23.2 Å². The van der Waals surface area contributed by atoms with Crippen molar-refractivity contribution in [1.82, 2.24) is 0 Å². The molecule has 0 aliphatic rings. The first kappa shape index (κ1) is 22.8. The van der Waals surface area contributed by atoms with Crippen LogP contribution in [0.25, 0.3) is 6.08 Å². The smallest absolute Gasteiger partial charge is 0.341 e. The van der Waals surface area contributed by atoms with Crippen molar-refractivity contribution < 1.29 is 24.2 Å². The third-order valence-corrected chi connectivity index (χ3v) is 4.99. The second kappa shape index (κ2) is 10.3. The summed E-state index contributed by atoms with van der Waals surface area (Å²) in [4.78, 5) is 23.2. The van der Waals surface area contributed by atoms with Crippen molar-refractivity contribution in [3.63, 3.8) is 0 Å². The summed E-state index contributed by atoms with van der Waals surface area (Å²) in [6.45, 7) is -0.531. The summed E-state index contributed by atoms with van der Waals surface area (Å²) < 4.78 is 11.0. The normalized spacial score (nSPS) is 10.8. The standard InChI is InChI=1S/C19H13Cl2IN2O5/c1-28-16-6-10(5-15(22)18(16)29-9-17(25)26)4-11(8-23)19(27)24-12-2-3-13(20)14(21)7-12/h2-7H,9H2,1H3,(H,24,27)(H,25,26)/b11-4+. The molecular weight excluding hydrogens is 534 g/mol. The highest BCUT2D eigenvalue weighted by atomic mass is 127. The van der Waals surface area contributed by atoms with Gasteiger partial charge < -0.3 is 19.9 Å². The third kappa shape index (κ3) is 6.25.